The number of hydrogen-bond acceptors (Lipinski definition) is 0. The van der Waals surface area contributed by atoms with Crippen LogP contribution in [0.1, 0.15) is 66.2 Å². The standard InChI is InChI=1S/C13H27F/c1-5-11(3)10-13(6-2)9-7-8-12(4)14/h11-13H,5-10H2,1-4H3. The van der Waals surface area contributed by atoms with E-state index in [1.54, 1.807) is 6.92 Å². The van der Waals surface area contributed by atoms with Gasteiger partial charge in [0.2, 0.25) is 0 Å². The van der Waals surface area contributed by atoms with E-state index in [9.17, 15) is 4.39 Å². The zero-order chi connectivity index (χ0) is 11.0. The largest absolute Gasteiger partial charge is 0.248 e. The molecule has 0 aliphatic rings. The van der Waals surface area contributed by atoms with E-state index in [4.69, 9.17) is 0 Å². The predicted octanol–water partition coefficient (Wildman–Crippen LogP) is 4.98. The van der Waals surface area contributed by atoms with Gasteiger partial charge in [-0.25, -0.2) is 4.39 Å². The molecule has 0 aromatic rings. The van der Waals surface area contributed by atoms with Gasteiger partial charge in [-0.1, -0.05) is 46.5 Å². The smallest absolute Gasteiger partial charge is 0.0973 e. The third-order valence-corrected chi connectivity index (χ3v) is 3.22. The van der Waals surface area contributed by atoms with Crippen molar-refractivity contribution < 1.29 is 4.39 Å². The van der Waals surface area contributed by atoms with Gasteiger partial charge in [-0.15, -0.1) is 0 Å². The van der Waals surface area contributed by atoms with Gasteiger partial charge in [-0.3, -0.25) is 0 Å². The Morgan fingerprint density at radius 3 is 2.07 bits per heavy atom. The molecular weight excluding hydrogens is 175 g/mol. The van der Waals surface area contributed by atoms with Crippen LogP contribution in [0.3, 0.4) is 0 Å². The highest BCUT2D eigenvalue weighted by Gasteiger charge is 2.10. The van der Waals surface area contributed by atoms with Crippen molar-refractivity contribution in [3.8, 4) is 0 Å². The Bertz CT molecular complexity index is 120. The lowest BCUT2D eigenvalue weighted by Gasteiger charge is -2.18. The molecular formula is C13H27F. The van der Waals surface area contributed by atoms with Gasteiger partial charge < -0.3 is 0 Å². The third kappa shape index (κ3) is 7.34. The summed E-state index contributed by atoms with van der Waals surface area (Å²) in [6.07, 6.45) is 6.27. The van der Waals surface area contributed by atoms with Crippen molar-refractivity contribution >= 4 is 0 Å². The minimum Gasteiger partial charge on any atom is -0.248 e. The molecule has 0 bridgehead atoms. The lowest BCUT2D eigenvalue weighted by atomic mass is 9.88. The Labute approximate surface area is 89.3 Å². The lowest BCUT2D eigenvalue weighted by Crippen LogP contribution is -2.06. The second kappa shape index (κ2) is 8.26. The summed E-state index contributed by atoms with van der Waals surface area (Å²) in [6.45, 7) is 8.49. The monoisotopic (exact) mass is 202 g/mol. The van der Waals surface area contributed by atoms with E-state index in [-0.39, 0.29) is 0 Å². The maximum Gasteiger partial charge on any atom is 0.0973 e. The first-order valence-electron chi connectivity index (χ1n) is 6.24. The summed E-state index contributed by atoms with van der Waals surface area (Å²) in [6, 6.07) is 0. The molecule has 0 amide bonds. The molecule has 0 saturated carbocycles. The average Bonchev–Trinajstić information content (AvgIpc) is 2.15. The first kappa shape index (κ1) is 13.9. The minimum atomic E-state index is -0.615. The van der Waals surface area contributed by atoms with Gasteiger partial charge in [0.05, 0.1) is 6.17 Å². The number of rotatable bonds is 8. The normalized spacial score (nSPS) is 17.8. The molecule has 0 aliphatic carbocycles. The van der Waals surface area contributed by atoms with Gasteiger partial charge in [0, 0.05) is 0 Å². The van der Waals surface area contributed by atoms with Crippen molar-refractivity contribution in [3.63, 3.8) is 0 Å². The quantitative estimate of drug-likeness (QED) is 0.521. The molecule has 3 unspecified atom stereocenters. The van der Waals surface area contributed by atoms with Gasteiger partial charge >= 0.3 is 0 Å². The van der Waals surface area contributed by atoms with Crippen molar-refractivity contribution in [3.05, 3.63) is 0 Å². The second-order valence-electron chi connectivity index (χ2n) is 4.74. The summed E-state index contributed by atoms with van der Waals surface area (Å²) in [7, 11) is 0. The molecule has 86 valence electrons. The molecule has 14 heavy (non-hydrogen) atoms. The predicted molar refractivity (Wildman–Crippen MR) is 62.3 cm³/mol. The van der Waals surface area contributed by atoms with Gasteiger partial charge in [0.25, 0.3) is 0 Å². The fraction of sp³-hybridized carbons (Fsp3) is 1.00. The number of halogens is 1. The molecule has 0 aromatic heterocycles. The van der Waals surface area contributed by atoms with E-state index < -0.39 is 6.17 Å². The Hall–Kier alpha value is -0.0700. The fourth-order valence-corrected chi connectivity index (χ4v) is 1.91. The highest BCUT2D eigenvalue weighted by atomic mass is 19.1. The number of alkyl halides is 1. The number of hydrogen-bond donors (Lipinski definition) is 0. The van der Waals surface area contributed by atoms with Crippen LogP contribution in [0.2, 0.25) is 0 Å². The Morgan fingerprint density at radius 1 is 1.00 bits per heavy atom. The van der Waals surface area contributed by atoms with Crippen LogP contribution in [-0.2, 0) is 0 Å². The van der Waals surface area contributed by atoms with Gasteiger partial charge in [-0.05, 0) is 31.6 Å². The molecule has 0 aliphatic heterocycles. The van der Waals surface area contributed by atoms with Crippen LogP contribution in [0, 0.1) is 11.8 Å². The molecule has 0 saturated heterocycles. The Morgan fingerprint density at radius 2 is 1.64 bits per heavy atom. The van der Waals surface area contributed by atoms with E-state index in [1.165, 1.54) is 25.7 Å². The van der Waals surface area contributed by atoms with Crippen LogP contribution in [0.15, 0.2) is 0 Å². The molecule has 0 N–H and O–H groups in total. The van der Waals surface area contributed by atoms with E-state index in [2.05, 4.69) is 20.8 Å². The summed E-state index contributed by atoms with van der Waals surface area (Å²) >= 11 is 0. The molecule has 0 heterocycles. The summed E-state index contributed by atoms with van der Waals surface area (Å²) in [5, 5.41) is 0. The van der Waals surface area contributed by atoms with Crippen molar-refractivity contribution in [1.82, 2.24) is 0 Å². The van der Waals surface area contributed by atoms with Crippen molar-refractivity contribution in [2.45, 2.75) is 72.4 Å². The molecule has 3 atom stereocenters. The molecule has 0 spiro atoms. The summed E-state index contributed by atoms with van der Waals surface area (Å²) in [5.41, 5.74) is 0. The van der Waals surface area contributed by atoms with Crippen LogP contribution in [-0.4, -0.2) is 6.17 Å². The molecule has 0 fully saturated rings. The Balaban J connectivity index is 3.57. The molecule has 1 heteroatoms. The molecule has 0 radical (unpaired) electrons. The minimum absolute atomic E-state index is 0.615. The van der Waals surface area contributed by atoms with Gasteiger partial charge in [0.15, 0.2) is 0 Å². The fourth-order valence-electron chi connectivity index (χ4n) is 1.91. The maximum atomic E-state index is 12.6. The third-order valence-electron chi connectivity index (χ3n) is 3.22. The summed E-state index contributed by atoms with van der Waals surface area (Å²) < 4.78 is 12.6. The second-order valence-corrected chi connectivity index (χ2v) is 4.74. The van der Waals surface area contributed by atoms with Crippen molar-refractivity contribution in [2.24, 2.45) is 11.8 Å². The van der Waals surface area contributed by atoms with Crippen LogP contribution >= 0.6 is 0 Å². The molecule has 0 nitrogen and oxygen atoms in total. The topological polar surface area (TPSA) is 0 Å². The van der Waals surface area contributed by atoms with E-state index in [0.717, 1.165) is 24.7 Å². The van der Waals surface area contributed by atoms with E-state index in [0.29, 0.717) is 0 Å². The zero-order valence-electron chi connectivity index (χ0n) is 10.4. The van der Waals surface area contributed by atoms with Gasteiger partial charge in [0.1, 0.15) is 0 Å². The SMILES string of the molecule is CCC(C)CC(CC)CCCC(C)F. The van der Waals surface area contributed by atoms with E-state index in [1.807, 2.05) is 0 Å². The van der Waals surface area contributed by atoms with E-state index >= 15 is 0 Å². The zero-order valence-corrected chi connectivity index (χ0v) is 10.4. The molecule has 0 rings (SSSR count). The highest BCUT2D eigenvalue weighted by Crippen LogP contribution is 2.23. The first-order valence-corrected chi connectivity index (χ1v) is 6.24. The maximum absolute atomic E-state index is 12.6. The first-order chi connectivity index (χ1) is 6.60. The van der Waals surface area contributed by atoms with Crippen molar-refractivity contribution in [2.75, 3.05) is 0 Å². The Kier molecular flexibility index (Phi) is 8.21. The van der Waals surface area contributed by atoms with Crippen LogP contribution in [0.5, 0.6) is 0 Å². The highest BCUT2D eigenvalue weighted by molar-refractivity contribution is 4.62. The van der Waals surface area contributed by atoms with Crippen LogP contribution < -0.4 is 0 Å². The van der Waals surface area contributed by atoms with Gasteiger partial charge in [-0.2, -0.15) is 0 Å². The van der Waals surface area contributed by atoms with Crippen LogP contribution in [0.4, 0.5) is 4.39 Å². The van der Waals surface area contributed by atoms with Crippen LogP contribution in [0.25, 0.3) is 0 Å². The average molecular weight is 202 g/mol. The summed E-state index contributed by atoms with van der Waals surface area (Å²) in [4.78, 5) is 0. The molecule has 0 aromatic carbocycles. The van der Waals surface area contributed by atoms with Crippen molar-refractivity contribution in [1.29, 1.82) is 0 Å². The summed E-state index contributed by atoms with van der Waals surface area (Å²) in [5.74, 6) is 1.66. The lowest BCUT2D eigenvalue weighted by molar-refractivity contribution is 0.299.